The Labute approximate surface area is 62.4 Å². The fourth-order valence-corrected chi connectivity index (χ4v) is 0.526. The van der Waals surface area contributed by atoms with E-state index >= 15 is 0 Å². The first-order valence-electron chi connectivity index (χ1n) is 3.03. The van der Waals surface area contributed by atoms with E-state index < -0.39 is 0 Å². The van der Waals surface area contributed by atoms with E-state index in [2.05, 4.69) is 13.8 Å². The molecule has 0 aliphatic rings. The molecule has 0 rings (SSSR count). The van der Waals surface area contributed by atoms with Crippen molar-refractivity contribution in [3.8, 4) is 0 Å². The number of hydrogen-bond donors (Lipinski definition) is 1. The molecule has 0 saturated heterocycles. The van der Waals surface area contributed by atoms with Gasteiger partial charge in [0.1, 0.15) is 0 Å². The number of nitrogens with two attached hydrogens (primary N) is 1. The topological polar surface area (TPSA) is 26.0 Å². The monoisotopic (exact) mass is 181 g/mol. The molecule has 0 aromatic carbocycles. The average molecular weight is 182 g/mol. The zero-order valence-corrected chi connectivity index (χ0v) is 7.40. The highest BCUT2D eigenvalue weighted by Crippen LogP contribution is 1.95. The summed E-state index contributed by atoms with van der Waals surface area (Å²) >= 11 is 0. The number of halogens is 1. The van der Waals surface area contributed by atoms with Crippen molar-refractivity contribution >= 4 is 17.0 Å². The van der Waals surface area contributed by atoms with E-state index in [-0.39, 0.29) is 17.0 Å². The Balaban J connectivity index is 0. The fourth-order valence-electron chi connectivity index (χ4n) is 0.526. The van der Waals surface area contributed by atoms with Crippen molar-refractivity contribution < 1.29 is 0 Å². The molecule has 0 aromatic heterocycles. The molecule has 0 aliphatic heterocycles. The molecular formula is C6H16BrN. The van der Waals surface area contributed by atoms with Gasteiger partial charge in [-0.15, -0.1) is 17.0 Å². The van der Waals surface area contributed by atoms with Crippen molar-refractivity contribution in [2.45, 2.75) is 39.2 Å². The van der Waals surface area contributed by atoms with E-state index in [9.17, 15) is 0 Å². The van der Waals surface area contributed by atoms with Crippen LogP contribution in [0.1, 0.15) is 33.1 Å². The van der Waals surface area contributed by atoms with Gasteiger partial charge in [-0.1, -0.05) is 19.8 Å². The fraction of sp³-hybridized carbons (Fsp3) is 1.00. The van der Waals surface area contributed by atoms with Crippen LogP contribution in [0, 0.1) is 0 Å². The molecule has 0 amide bonds. The summed E-state index contributed by atoms with van der Waals surface area (Å²) in [4.78, 5) is 0. The maximum atomic E-state index is 5.48. The smallest absolute Gasteiger partial charge is 0.00104 e. The molecule has 0 saturated carbocycles. The molecule has 0 radical (unpaired) electrons. The summed E-state index contributed by atoms with van der Waals surface area (Å²) in [5, 5.41) is 0. The van der Waals surface area contributed by atoms with Crippen molar-refractivity contribution in [2.24, 2.45) is 5.73 Å². The molecule has 0 fully saturated rings. The van der Waals surface area contributed by atoms with Gasteiger partial charge in [-0.3, -0.25) is 0 Å². The summed E-state index contributed by atoms with van der Waals surface area (Å²) in [6, 6.07) is 0.403. The van der Waals surface area contributed by atoms with E-state index in [1.165, 1.54) is 19.3 Å². The van der Waals surface area contributed by atoms with Crippen LogP contribution in [-0.2, 0) is 0 Å². The van der Waals surface area contributed by atoms with E-state index in [0.29, 0.717) is 6.04 Å². The van der Waals surface area contributed by atoms with Crippen LogP contribution in [0.3, 0.4) is 0 Å². The van der Waals surface area contributed by atoms with Gasteiger partial charge >= 0.3 is 0 Å². The van der Waals surface area contributed by atoms with Crippen molar-refractivity contribution in [3.05, 3.63) is 0 Å². The zero-order valence-electron chi connectivity index (χ0n) is 5.68. The SMILES string of the molecule is Br.CCCCC(C)N. The van der Waals surface area contributed by atoms with Crippen molar-refractivity contribution in [1.29, 1.82) is 0 Å². The lowest BCUT2D eigenvalue weighted by molar-refractivity contribution is 0.616. The molecule has 0 aliphatic carbocycles. The molecule has 2 N–H and O–H groups in total. The first kappa shape index (κ1) is 11.3. The predicted molar refractivity (Wildman–Crippen MR) is 43.5 cm³/mol. The molecule has 0 spiro atoms. The van der Waals surface area contributed by atoms with Gasteiger partial charge in [0.25, 0.3) is 0 Å². The Bertz CT molecular complexity index is 37.5. The molecular weight excluding hydrogens is 166 g/mol. The predicted octanol–water partition coefficient (Wildman–Crippen LogP) is 2.10. The summed E-state index contributed by atoms with van der Waals surface area (Å²) in [5.74, 6) is 0. The zero-order chi connectivity index (χ0) is 5.70. The number of unbranched alkanes of at least 4 members (excludes halogenated alkanes) is 1. The van der Waals surface area contributed by atoms with E-state index in [0.717, 1.165) is 0 Å². The van der Waals surface area contributed by atoms with Gasteiger partial charge in [-0.05, 0) is 13.3 Å². The molecule has 0 heterocycles. The van der Waals surface area contributed by atoms with Crippen LogP contribution in [0.25, 0.3) is 0 Å². The third kappa shape index (κ3) is 9.67. The third-order valence-corrected chi connectivity index (χ3v) is 1.01. The summed E-state index contributed by atoms with van der Waals surface area (Å²) in [6.07, 6.45) is 3.72. The summed E-state index contributed by atoms with van der Waals surface area (Å²) < 4.78 is 0. The largest absolute Gasteiger partial charge is 0.328 e. The Kier molecular flexibility index (Phi) is 10.5. The number of hydrogen-bond acceptors (Lipinski definition) is 1. The van der Waals surface area contributed by atoms with Gasteiger partial charge < -0.3 is 5.73 Å². The lowest BCUT2D eigenvalue weighted by Crippen LogP contribution is -2.13. The molecule has 52 valence electrons. The normalized spacial score (nSPS) is 12.4. The second-order valence-electron chi connectivity index (χ2n) is 2.12. The van der Waals surface area contributed by atoms with E-state index in [4.69, 9.17) is 5.73 Å². The number of rotatable bonds is 3. The van der Waals surface area contributed by atoms with Crippen LogP contribution >= 0.6 is 17.0 Å². The maximum Gasteiger partial charge on any atom is 0.00104 e. The maximum absolute atomic E-state index is 5.48. The minimum atomic E-state index is 0. The Morgan fingerprint density at radius 2 is 2.00 bits per heavy atom. The van der Waals surface area contributed by atoms with Crippen LogP contribution in [-0.4, -0.2) is 6.04 Å². The molecule has 1 nitrogen and oxygen atoms in total. The minimum absolute atomic E-state index is 0. The van der Waals surface area contributed by atoms with Crippen LogP contribution < -0.4 is 5.73 Å². The first-order valence-corrected chi connectivity index (χ1v) is 3.03. The van der Waals surface area contributed by atoms with Crippen molar-refractivity contribution in [3.63, 3.8) is 0 Å². The van der Waals surface area contributed by atoms with Gasteiger partial charge in [0.05, 0.1) is 0 Å². The van der Waals surface area contributed by atoms with Gasteiger partial charge in [-0.25, -0.2) is 0 Å². The van der Waals surface area contributed by atoms with E-state index in [1.807, 2.05) is 0 Å². The summed E-state index contributed by atoms with van der Waals surface area (Å²) in [6.45, 7) is 4.23. The third-order valence-electron chi connectivity index (χ3n) is 1.01. The standard InChI is InChI=1S/C6H15N.BrH/c1-3-4-5-6(2)7;/h6H,3-5,7H2,1-2H3;1H. The van der Waals surface area contributed by atoms with Gasteiger partial charge in [0.15, 0.2) is 0 Å². The second kappa shape index (κ2) is 7.44. The Hall–Kier alpha value is 0.440. The van der Waals surface area contributed by atoms with E-state index in [1.54, 1.807) is 0 Å². The molecule has 2 heteroatoms. The van der Waals surface area contributed by atoms with Crippen LogP contribution in [0.15, 0.2) is 0 Å². The van der Waals surface area contributed by atoms with Crippen LogP contribution in [0.5, 0.6) is 0 Å². The summed E-state index contributed by atoms with van der Waals surface area (Å²) in [5.41, 5.74) is 5.48. The lowest BCUT2D eigenvalue weighted by Gasteiger charge is -1.99. The molecule has 8 heavy (non-hydrogen) atoms. The van der Waals surface area contributed by atoms with Gasteiger partial charge in [0, 0.05) is 6.04 Å². The second-order valence-corrected chi connectivity index (χ2v) is 2.12. The average Bonchev–Trinajstić information content (AvgIpc) is 1.61. The molecule has 1 atom stereocenters. The Morgan fingerprint density at radius 1 is 1.50 bits per heavy atom. The highest BCUT2D eigenvalue weighted by atomic mass is 79.9. The van der Waals surface area contributed by atoms with Gasteiger partial charge in [0.2, 0.25) is 0 Å². The lowest BCUT2D eigenvalue weighted by atomic mass is 10.2. The minimum Gasteiger partial charge on any atom is -0.328 e. The highest BCUT2D eigenvalue weighted by Gasteiger charge is 1.88. The van der Waals surface area contributed by atoms with Gasteiger partial charge in [-0.2, -0.15) is 0 Å². The highest BCUT2D eigenvalue weighted by molar-refractivity contribution is 8.93. The summed E-state index contributed by atoms with van der Waals surface area (Å²) in [7, 11) is 0. The molecule has 1 unspecified atom stereocenters. The Morgan fingerprint density at radius 3 is 2.12 bits per heavy atom. The van der Waals surface area contributed by atoms with Crippen LogP contribution in [0.4, 0.5) is 0 Å². The van der Waals surface area contributed by atoms with Crippen molar-refractivity contribution in [2.75, 3.05) is 0 Å². The van der Waals surface area contributed by atoms with Crippen molar-refractivity contribution in [1.82, 2.24) is 0 Å². The quantitative estimate of drug-likeness (QED) is 0.710. The van der Waals surface area contributed by atoms with Crippen LogP contribution in [0.2, 0.25) is 0 Å². The first-order chi connectivity index (χ1) is 3.27. The molecule has 0 aromatic rings. The molecule has 0 bridgehead atoms.